The second-order valence-electron chi connectivity index (χ2n) is 5.88. The average Bonchev–Trinajstić information content (AvgIpc) is 2.29. The third-order valence-electron chi connectivity index (χ3n) is 3.76. The molecule has 0 radical (unpaired) electrons. The molecule has 0 saturated heterocycles. The lowest BCUT2D eigenvalue weighted by Crippen LogP contribution is -2.29. The van der Waals surface area contributed by atoms with Gasteiger partial charge >= 0.3 is 0 Å². The molecule has 18 heavy (non-hydrogen) atoms. The number of unbranched alkanes of at least 4 members (excludes halogenated alkanes) is 4. The molecule has 0 aromatic heterocycles. The van der Waals surface area contributed by atoms with Crippen LogP contribution < -0.4 is 0 Å². The van der Waals surface area contributed by atoms with E-state index in [9.17, 15) is 10.2 Å². The fourth-order valence-corrected chi connectivity index (χ4v) is 2.51. The zero-order valence-electron chi connectivity index (χ0n) is 12.7. The van der Waals surface area contributed by atoms with Crippen molar-refractivity contribution in [3.05, 3.63) is 0 Å². The largest absolute Gasteiger partial charge is 0.393 e. The summed E-state index contributed by atoms with van der Waals surface area (Å²) in [5.74, 6) is 0. The molecule has 0 aliphatic rings. The third kappa shape index (κ3) is 9.90. The Morgan fingerprint density at radius 2 is 1.28 bits per heavy atom. The molecule has 2 N–H and O–H groups in total. The summed E-state index contributed by atoms with van der Waals surface area (Å²) in [7, 11) is 0. The van der Waals surface area contributed by atoms with Gasteiger partial charge in [-0.05, 0) is 39.0 Å². The van der Waals surface area contributed by atoms with Gasteiger partial charge in [0.05, 0.1) is 11.7 Å². The Hall–Kier alpha value is -0.0800. The maximum atomic E-state index is 10.7. The van der Waals surface area contributed by atoms with E-state index in [0.29, 0.717) is 0 Å². The monoisotopic (exact) mass is 258 g/mol. The number of aliphatic hydroxyl groups excluding tert-OH is 1. The van der Waals surface area contributed by atoms with Gasteiger partial charge in [0.25, 0.3) is 0 Å². The highest BCUT2D eigenvalue weighted by Crippen LogP contribution is 2.28. The topological polar surface area (TPSA) is 40.5 Å². The first kappa shape index (κ1) is 17.9. The van der Waals surface area contributed by atoms with Crippen LogP contribution in [0.4, 0.5) is 0 Å². The minimum atomic E-state index is -0.473. The van der Waals surface area contributed by atoms with Gasteiger partial charge in [0.1, 0.15) is 0 Å². The van der Waals surface area contributed by atoms with Crippen LogP contribution in [0.15, 0.2) is 0 Å². The molecular weight excluding hydrogens is 224 g/mol. The molecule has 0 amide bonds. The van der Waals surface area contributed by atoms with Crippen LogP contribution in [0.5, 0.6) is 0 Å². The summed E-state index contributed by atoms with van der Waals surface area (Å²) in [6.45, 7) is 6.22. The maximum absolute atomic E-state index is 10.7. The second kappa shape index (κ2) is 10.8. The molecule has 0 aliphatic carbocycles. The van der Waals surface area contributed by atoms with E-state index >= 15 is 0 Å². The molecule has 0 bridgehead atoms. The van der Waals surface area contributed by atoms with Crippen molar-refractivity contribution < 1.29 is 10.2 Å². The Bertz CT molecular complexity index is 168. The predicted molar refractivity (Wildman–Crippen MR) is 78.8 cm³/mol. The normalized spacial score (nSPS) is 13.8. The SMILES string of the molecule is CCCCCC(O)(CCCCC)CCC[C@H](C)O. The number of rotatable bonds is 12. The minimum Gasteiger partial charge on any atom is -0.393 e. The first-order valence-corrected chi connectivity index (χ1v) is 7.94. The quantitative estimate of drug-likeness (QED) is 0.508. The van der Waals surface area contributed by atoms with Gasteiger partial charge in [0, 0.05) is 0 Å². The minimum absolute atomic E-state index is 0.236. The van der Waals surface area contributed by atoms with E-state index in [0.717, 1.165) is 44.9 Å². The van der Waals surface area contributed by atoms with E-state index in [2.05, 4.69) is 13.8 Å². The molecule has 0 saturated carbocycles. The summed E-state index contributed by atoms with van der Waals surface area (Å²) in [6, 6.07) is 0. The zero-order valence-corrected chi connectivity index (χ0v) is 12.7. The van der Waals surface area contributed by atoms with Crippen molar-refractivity contribution >= 4 is 0 Å². The van der Waals surface area contributed by atoms with Crippen LogP contribution in [-0.4, -0.2) is 21.9 Å². The fraction of sp³-hybridized carbons (Fsp3) is 1.00. The Morgan fingerprint density at radius 3 is 1.67 bits per heavy atom. The van der Waals surface area contributed by atoms with Crippen LogP contribution in [0.25, 0.3) is 0 Å². The molecule has 0 unspecified atom stereocenters. The van der Waals surface area contributed by atoms with Gasteiger partial charge < -0.3 is 10.2 Å². The van der Waals surface area contributed by atoms with E-state index in [4.69, 9.17) is 0 Å². The van der Waals surface area contributed by atoms with Gasteiger partial charge in [-0.3, -0.25) is 0 Å². The number of hydrogen-bond donors (Lipinski definition) is 2. The summed E-state index contributed by atoms with van der Waals surface area (Å²) >= 11 is 0. The van der Waals surface area contributed by atoms with Crippen LogP contribution in [-0.2, 0) is 0 Å². The molecule has 0 heterocycles. The van der Waals surface area contributed by atoms with Crippen molar-refractivity contribution in [1.82, 2.24) is 0 Å². The molecule has 0 spiro atoms. The Kier molecular flexibility index (Phi) is 10.8. The van der Waals surface area contributed by atoms with Crippen molar-refractivity contribution in [3.8, 4) is 0 Å². The van der Waals surface area contributed by atoms with Gasteiger partial charge in [0.15, 0.2) is 0 Å². The Balaban J connectivity index is 4.02. The van der Waals surface area contributed by atoms with Crippen LogP contribution in [0.3, 0.4) is 0 Å². The molecule has 1 atom stereocenters. The van der Waals surface area contributed by atoms with Gasteiger partial charge in [0.2, 0.25) is 0 Å². The van der Waals surface area contributed by atoms with Crippen LogP contribution in [0.2, 0.25) is 0 Å². The molecular formula is C16H34O2. The molecule has 110 valence electrons. The van der Waals surface area contributed by atoms with Crippen molar-refractivity contribution in [2.24, 2.45) is 0 Å². The second-order valence-corrected chi connectivity index (χ2v) is 5.88. The van der Waals surface area contributed by atoms with E-state index in [1.54, 1.807) is 0 Å². The highest BCUT2D eigenvalue weighted by molar-refractivity contribution is 4.78. The first-order chi connectivity index (χ1) is 8.54. The lowest BCUT2D eigenvalue weighted by Gasteiger charge is -2.29. The molecule has 0 fully saturated rings. The lowest BCUT2D eigenvalue weighted by atomic mass is 9.85. The van der Waals surface area contributed by atoms with E-state index in [1.807, 2.05) is 6.92 Å². The van der Waals surface area contributed by atoms with Crippen molar-refractivity contribution in [2.45, 2.75) is 103 Å². The first-order valence-electron chi connectivity index (χ1n) is 7.94. The number of aliphatic hydroxyl groups is 2. The van der Waals surface area contributed by atoms with Gasteiger partial charge in [-0.2, -0.15) is 0 Å². The predicted octanol–water partition coefficient (Wildman–Crippen LogP) is 4.43. The van der Waals surface area contributed by atoms with Crippen molar-refractivity contribution in [1.29, 1.82) is 0 Å². The maximum Gasteiger partial charge on any atom is 0.0647 e. The highest BCUT2D eigenvalue weighted by Gasteiger charge is 2.25. The molecule has 2 nitrogen and oxygen atoms in total. The molecule has 0 aromatic carbocycles. The van der Waals surface area contributed by atoms with Crippen LogP contribution >= 0.6 is 0 Å². The smallest absolute Gasteiger partial charge is 0.0647 e. The van der Waals surface area contributed by atoms with E-state index in [1.165, 1.54) is 25.7 Å². The summed E-state index contributed by atoms with van der Waals surface area (Å²) < 4.78 is 0. The van der Waals surface area contributed by atoms with Crippen LogP contribution in [0.1, 0.15) is 91.4 Å². The van der Waals surface area contributed by atoms with Crippen molar-refractivity contribution in [2.75, 3.05) is 0 Å². The Labute approximate surface area is 114 Å². The molecule has 0 aliphatic heterocycles. The fourth-order valence-electron chi connectivity index (χ4n) is 2.51. The van der Waals surface area contributed by atoms with Crippen molar-refractivity contribution in [3.63, 3.8) is 0 Å². The lowest BCUT2D eigenvalue weighted by molar-refractivity contribution is 0.00493. The summed E-state index contributed by atoms with van der Waals surface area (Å²) in [6.07, 6.45) is 11.3. The Morgan fingerprint density at radius 1 is 0.833 bits per heavy atom. The van der Waals surface area contributed by atoms with Crippen LogP contribution in [0, 0.1) is 0 Å². The summed E-state index contributed by atoms with van der Waals surface area (Å²) in [5, 5.41) is 20.0. The zero-order chi connectivity index (χ0) is 13.9. The van der Waals surface area contributed by atoms with E-state index < -0.39 is 5.60 Å². The highest BCUT2D eigenvalue weighted by atomic mass is 16.3. The standard InChI is InChI=1S/C16H34O2/c1-4-6-8-12-16(18,13-9-7-5-2)14-10-11-15(3)17/h15,17-18H,4-14H2,1-3H3/t15-/m0/s1. The molecule has 0 rings (SSSR count). The van der Waals surface area contributed by atoms with Gasteiger partial charge in [-0.15, -0.1) is 0 Å². The average molecular weight is 258 g/mol. The molecule has 0 aromatic rings. The summed E-state index contributed by atoms with van der Waals surface area (Å²) in [4.78, 5) is 0. The van der Waals surface area contributed by atoms with E-state index in [-0.39, 0.29) is 6.10 Å². The van der Waals surface area contributed by atoms with Gasteiger partial charge in [-0.25, -0.2) is 0 Å². The number of hydrogen-bond acceptors (Lipinski definition) is 2. The third-order valence-corrected chi connectivity index (χ3v) is 3.76. The van der Waals surface area contributed by atoms with Gasteiger partial charge in [-0.1, -0.05) is 52.4 Å². The molecule has 2 heteroatoms. The summed E-state index contributed by atoms with van der Waals surface area (Å²) in [5.41, 5.74) is -0.473.